The van der Waals surface area contributed by atoms with E-state index in [0.717, 1.165) is 71.1 Å². The van der Waals surface area contributed by atoms with Crippen molar-refractivity contribution < 1.29 is 13.9 Å². The molecule has 0 saturated heterocycles. The molecule has 206 valence electrons. The minimum atomic E-state index is -0.209. The third-order valence-electron chi connectivity index (χ3n) is 8.45. The Labute approximate surface area is 239 Å². The normalized spacial score (nSPS) is 15.7. The molecular formula is C35H32FN3O2. The number of H-pyrrole nitrogens is 1. The van der Waals surface area contributed by atoms with Gasteiger partial charge in [-0.15, -0.1) is 0 Å². The number of aromatic nitrogens is 1. The quantitative estimate of drug-likeness (QED) is 0.227. The van der Waals surface area contributed by atoms with Gasteiger partial charge in [-0.3, -0.25) is 4.79 Å². The van der Waals surface area contributed by atoms with Gasteiger partial charge in [0.1, 0.15) is 18.2 Å². The van der Waals surface area contributed by atoms with Gasteiger partial charge in [0.25, 0.3) is 5.91 Å². The van der Waals surface area contributed by atoms with Gasteiger partial charge in [-0.1, -0.05) is 54.6 Å². The molecule has 1 atom stereocenters. The molecule has 41 heavy (non-hydrogen) atoms. The first-order chi connectivity index (χ1) is 20.1. The van der Waals surface area contributed by atoms with Crippen molar-refractivity contribution in [2.45, 2.75) is 44.8 Å². The summed E-state index contributed by atoms with van der Waals surface area (Å²) in [5.74, 6) is 0.605. The van der Waals surface area contributed by atoms with Crippen molar-refractivity contribution in [2.75, 3.05) is 11.5 Å². The van der Waals surface area contributed by atoms with Gasteiger partial charge < -0.3 is 19.9 Å². The van der Waals surface area contributed by atoms with Gasteiger partial charge >= 0.3 is 0 Å². The zero-order valence-electron chi connectivity index (χ0n) is 22.8. The number of para-hydroxylation sites is 1. The largest absolute Gasteiger partial charge is 0.491 e. The number of aromatic amines is 1. The maximum atomic E-state index is 13.9. The lowest BCUT2D eigenvalue weighted by atomic mass is 9.92. The monoisotopic (exact) mass is 545 g/mol. The van der Waals surface area contributed by atoms with Crippen LogP contribution in [0.3, 0.4) is 0 Å². The molecule has 7 rings (SSSR count). The number of rotatable bonds is 8. The molecule has 6 heteroatoms. The Balaban J connectivity index is 1.18. The van der Waals surface area contributed by atoms with Crippen molar-refractivity contribution in [3.05, 3.63) is 130 Å². The summed E-state index contributed by atoms with van der Waals surface area (Å²) in [5, 5.41) is 3.93. The van der Waals surface area contributed by atoms with Crippen LogP contribution < -0.4 is 15.0 Å². The van der Waals surface area contributed by atoms with E-state index in [4.69, 9.17) is 4.74 Å². The van der Waals surface area contributed by atoms with E-state index < -0.39 is 0 Å². The molecule has 3 heterocycles. The fourth-order valence-corrected chi connectivity index (χ4v) is 6.41. The first-order valence-electron chi connectivity index (χ1n) is 14.3. The molecule has 2 aliphatic heterocycles. The molecule has 0 bridgehead atoms. The molecule has 0 aliphatic carbocycles. The van der Waals surface area contributed by atoms with Crippen LogP contribution in [0.1, 0.15) is 44.6 Å². The lowest BCUT2D eigenvalue weighted by Gasteiger charge is -2.38. The van der Waals surface area contributed by atoms with E-state index in [0.29, 0.717) is 13.2 Å². The average Bonchev–Trinajstić information content (AvgIpc) is 3.59. The summed E-state index contributed by atoms with van der Waals surface area (Å²) in [7, 11) is 0. The summed E-state index contributed by atoms with van der Waals surface area (Å²) in [5.41, 5.74) is 8.64. The molecule has 1 amide bonds. The molecule has 2 N–H and O–H groups in total. The number of halogens is 1. The topological polar surface area (TPSA) is 57.4 Å². The van der Waals surface area contributed by atoms with Crippen LogP contribution in [-0.4, -0.2) is 23.5 Å². The van der Waals surface area contributed by atoms with E-state index in [1.165, 1.54) is 22.9 Å². The van der Waals surface area contributed by atoms with Crippen LogP contribution in [0.25, 0.3) is 10.9 Å². The van der Waals surface area contributed by atoms with Crippen LogP contribution in [0.2, 0.25) is 0 Å². The van der Waals surface area contributed by atoms with Crippen LogP contribution in [0.15, 0.2) is 91.1 Å². The summed E-state index contributed by atoms with van der Waals surface area (Å²) in [6, 6.07) is 28.1. The first kappa shape index (κ1) is 25.4. The van der Waals surface area contributed by atoms with Crippen LogP contribution in [0, 0.1) is 5.82 Å². The highest BCUT2D eigenvalue weighted by atomic mass is 19.1. The number of fused-ring (bicyclic) bond motifs is 4. The second-order valence-corrected chi connectivity index (χ2v) is 11.0. The average molecular weight is 546 g/mol. The number of amides is 1. The molecule has 1 aromatic heterocycles. The minimum absolute atomic E-state index is 0.00623. The summed E-state index contributed by atoms with van der Waals surface area (Å²) in [4.78, 5) is 18.5. The van der Waals surface area contributed by atoms with Crippen molar-refractivity contribution in [3.8, 4) is 5.75 Å². The second-order valence-electron chi connectivity index (χ2n) is 11.0. The van der Waals surface area contributed by atoms with Crippen LogP contribution in [0.4, 0.5) is 10.1 Å². The Morgan fingerprint density at radius 3 is 2.66 bits per heavy atom. The Hall–Kier alpha value is -4.58. The Kier molecular flexibility index (Phi) is 6.67. The molecule has 2 aliphatic rings. The lowest BCUT2D eigenvalue weighted by molar-refractivity contribution is 0.0963. The number of anilines is 1. The molecule has 0 fully saturated rings. The Bertz CT molecular complexity index is 1730. The summed E-state index contributed by atoms with van der Waals surface area (Å²) in [6.45, 7) is 1.87. The number of benzene rings is 4. The summed E-state index contributed by atoms with van der Waals surface area (Å²) >= 11 is 0. The molecule has 1 unspecified atom stereocenters. The fraction of sp³-hybridized carbons (Fsp3) is 0.229. The lowest BCUT2D eigenvalue weighted by Crippen LogP contribution is -2.44. The Morgan fingerprint density at radius 1 is 0.927 bits per heavy atom. The molecular weight excluding hydrogens is 513 g/mol. The van der Waals surface area contributed by atoms with Crippen molar-refractivity contribution in [3.63, 3.8) is 0 Å². The summed E-state index contributed by atoms with van der Waals surface area (Å²) in [6.07, 6.45) is 5.44. The molecule has 0 spiro atoms. The van der Waals surface area contributed by atoms with Gasteiger partial charge in [0.05, 0.1) is 11.6 Å². The molecule has 4 aromatic carbocycles. The predicted molar refractivity (Wildman–Crippen MR) is 160 cm³/mol. The van der Waals surface area contributed by atoms with E-state index in [-0.39, 0.29) is 17.8 Å². The van der Waals surface area contributed by atoms with Gasteiger partial charge in [-0.2, -0.15) is 0 Å². The SMILES string of the molecule is O=C1NCc2ccc3c(c21)CC(N(Cc1ccccc1)c1ccccc1CCCc1c[nH]c2ccc(F)cc12)CO3. The molecule has 5 aromatic rings. The van der Waals surface area contributed by atoms with Gasteiger partial charge in [0, 0.05) is 47.9 Å². The number of nitrogens with zero attached hydrogens (tertiary/aromatic N) is 1. The fourth-order valence-electron chi connectivity index (χ4n) is 6.41. The number of hydrogen-bond donors (Lipinski definition) is 2. The number of nitrogens with one attached hydrogen (secondary N) is 2. The maximum Gasteiger partial charge on any atom is 0.252 e. The van der Waals surface area contributed by atoms with E-state index in [1.807, 2.05) is 24.4 Å². The number of aryl methyl sites for hydroxylation is 2. The smallest absolute Gasteiger partial charge is 0.252 e. The number of ether oxygens (including phenoxy) is 1. The van der Waals surface area contributed by atoms with Gasteiger partial charge in [-0.05, 0) is 71.8 Å². The minimum Gasteiger partial charge on any atom is -0.491 e. The first-order valence-corrected chi connectivity index (χ1v) is 14.3. The highest BCUT2D eigenvalue weighted by Gasteiger charge is 2.33. The van der Waals surface area contributed by atoms with Gasteiger partial charge in [0.2, 0.25) is 0 Å². The van der Waals surface area contributed by atoms with E-state index in [1.54, 1.807) is 12.1 Å². The Morgan fingerprint density at radius 2 is 1.76 bits per heavy atom. The zero-order valence-corrected chi connectivity index (χ0v) is 22.8. The number of carbonyl (C=O) groups excluding carboxylic acids is 1. The standard InChI is InChI=1S/C35H32FN3O2/c36-27-14-15-31-29(17-27)25(19-37-31)11-6-10-24-9-4-5-12-32(24)39(21-23-7-2-1-3-8-23)28-18-30-33(41-22-28)16-13-26-20-38-35(40)34(26)30/h1-5,7-9,12-17,19,28,37H,6,10-11,18,20-22H2,(H,38,40). The highest BCUT2D eigenvalue weighted by Crippen LogP contribution is 2.36. The predicted octanol–water partition coefficient (Wildman–Crippen LogP) is 6.74. The van der Waals surface area contributed by atoms with Crippen molar-refractivity contribution in [1.29, 1.82) is 0 Å². The third kappa shape index (κ3) is 4.95. The molecule has 0 saturated carbocycles. The summed E-state index contributed by atoms with van der Waals surface area (Å²) < 4.78 is 20.2. The van der Waals surface area contributed by atoms with Crippen molar-refractivity contribution in [2.24, 2.45) is 0 Å². The zero-order chi connectivity index (χ0) is 27.8. The van der Waals surface area contributed by atoms with Crippen molar-refractivity contribution >= 4 is 22.5 Å². The van der Waals surface area contributed by atoms with E-state index >= 15 is 0 Å². The molecule has 5 nitrogen and oxygen atoms in total. The van der Waals surface area contributed by atoms with Crippen LogP contribution >= 0.6 is 0 Å². The number of carbonyl (C=O) groups is 1. The van der Waals surface area contributed by atoms with Crippen LogP contribution in [0.5, 0.6) is 5.75 Å². The van der Waals surface area contributed by atoms with Gasteiger partial charge in [-0.25, -0.2) is 4.39 Å². The third-order valence-corrected chi connectivity index (χ3v) is 8.45. The highest BCUT2D eigenvalue weighted by molar-refractivity contribution is 6.00. The molecule has 0 radical (unpaired) electrons. The number of hydrogen-bond acceptors (Lipinski definition) is 3. The van der Waals surface area contributed by atoms with E-state index in [2.05, 4.69) is 63.7 Å². The van der Waals surface area contributed by atoms with Crippen LogP contribution in [-0.2, 0) is 32.4 Å². The maximum absolute atomic E-state index is 13.9. The van der Waals surface area contributed by atoms with Crippen molar-refractivity contribution in [1.82, 2.24) is 10.3 Å². The second kappa shape index (κ2) is 10.8. The van der Waals surface area contributed by atoms with Gasteiger partial charge in [0.15, 0.2) is 0 Å². The van der Waals surface area contributed by atoms with E-state index in [9.17, 15) is 9.18 Å².